The van der Waals surface area contributed by atoms with Gasteiger partial charge in [0.25, 0.3) is 5.91 Å². The third kappa shape index (κ3) is 3.01. The van der Waals surface area contributed by atoms with E-state index in [1.807, 2.05) is 6.07 Å². The molecular weight excluding hydrogens is 274 g/mol. The predicted molar refractivity (Wildman–Crippen MR) is 82.8 cm³/mol. The van der Waals surface area contributed by atoms with Crippen LogP contribution in [-0.4, -0.2) is 29.6 Å². The lowest BCUT2D eigenvalue weighted by molar-refractivity contribution is 0.0930. The molecule has 1 aromatic heterocycles. The van der Waals surface area contributed by atoms with Gasteiger partial charge in [0.05, 0.1) is 5.56 Å². The SMILES string of the molecule is Cc1cc(C(=O)N[C@H]2CCCNC2)c(C)n1C1CC1.Cl. The minimum absolute atomic E-state index is 0. The van der Waals surface area contributed by atoms with Crippen LogP contribution in [0.2, 0.25) is 0 Å². The summed E-state index contributed by atoms with van der Waals surface area (Å²) in [5.74, 6) is 0.0914. The highest BCUT2D eigenvalue weighted by atomic mass is 35.5. The minimum atomic E-state index is 0. The van der Waals surface area contributed by atoms with E-state index in [1.54, 1.807) is 0 Å². The molecule has 0 radical (unpaired) electrons. The van der Waals surface area contributed by atoms with Crippen molar-refractivity contribution in [3.63, 3.8) is 0 Å². The zero-order valence-corrected chi connectivity index (χ0v) is 13.1. The molecule has 0 bridgehead atoms. The molecule has 1 atom stereocenters. The van der Waals surface area contributed by atoms with Crippen molar-refractivity contribution in [3.8, 4) is 0 Å². The highest BCUT2D eigenvalue weighted by Gasteiger charge is 2.28. The first-order chi connectivity index (χ1) is 9.16. The van der Waals surface area contributed by atoms with Crippen molar-refractivity contribution in [1.29, 1.82) is 0 Å². The summed E-state index contributed by atoms with van der Waals surface area (Å²) in [6.45, 7) is 6.14. The van der Waals surface area contributed by atoms with Crippen molar-refractivity contribution >= 4 is 18.3 Å². The van der Waals surface area contributed by atoms with Crippen molar-refractivity contribution in [1.82, 2.24) is 15.2 Å². The zero-order chi connectivity index (χ0) is 13.4. The maximum Gasteiger partial charge on any atom is 0.253 e. The van der Waals surface area contributed by atoms with Gasteiger partial charge < -0.3 is 15.2 Å². The molecule has 0 unspecified atom stereocenters. The van der Waals surface area contributed by atoms with Gasteiger partial charge in [-0.1, -0.05) is 0 Å². The number of rotatable bonds is 3. The Bertz CT molecular complexity index is 488. The van der Waals surface area contributed by atoms with Crippen LogP contribution >= 0.6 is 12.4 Å². The molecule has 1 saturated heterocycles. The first-order valence-electron chi connectivity index (χ1n) is 7.37. The third-order valence-electron chi connectivity index (χ3n) is 4.27. The largest absolute Gasteiger partial charge is 0.348 e. The Labute approximate surface area is 126 Å². The number of piperidine rings is 1. The Kier molecular flexibility index (Phi) is 4.76. The fraction of sp³-hybridized carbons (Fsp3) is 0.667. The standard InChI is InChI=1S/C15H23N3O.ClH/c1-10-8-14(11(2)18(10)13-5-6-13)15(19)17-12-4-3-7-16-9-12;/h8,12-13,16H,3-7,9H2,1-2H3,(H,17,19);1H/t12-;/m0./s1. The van der Waals surface area contributed by atoms with Crippen molar-refractivity contribution in [2.24, 2.45) is 0 Å². The summed E-state index contributed by atoms with van der Waals surface area (Å²) >= 11 is 0. The Hall–Kier alpha value is -1.000. The molecule has 112 valence electrons. The molecule has 2 aliphatic rings. The molecule has 5 heteroatoms. The van der Waals surface area contributed by atoms with E-state index in [0.717, 1.165) is 37.2 Å². The summed E-state index contributed by atoms with van der Waals surface area (Å²) in [7, 11) is 0. The fourth-order valence-corrected chi connectivity index (χ4v) is 3.14. The monoisotopic (exact) mass is 297 g/mol. The van der Waals surface area contributed by atoms with Crippen LogP contribution in [-0.2, 0) is 0 Å². The number of hydrogen-bond donors (Lipinski definition) is 2. The number of amides is 1. The van der Waals surface area contributed by atoms with Crippen LogP contribution in [0.15, 0.2) is 6.07 Å². The first kappa shape index (κ1) is 15.4. The van der Waals surface area contributed by atoms with Gasteiger partial charge in [-0.25, -0.2) is 0 Å². The average molecular weight is 298 g/mol. The van der Waals surface area contributed by atoms with Gasteiger partial charge in [-0.2, -0.15) is 0 Å². The Morgan fingerprint density at radius 1 is 1.35 bits per heavy atom. The molecule has 2 N–H and O–H groups in total. The molecule has 0 aromatic carbocycles. The predicted octanol–water partition coefficient (Wildman–Crippen LogP) is 2.34. The third-order valence-corrected chi connectivity index (χ3v) is 4.27. The number of aryl methyl sites for hydroxylation is 1. The number of nitrogens with zero attached hydrogens (tertiary/aromatic N) is 1. The molecule has 1 aliphatic heterocycles. The van der Waals surface area contributed by atoms with Crippen molar-refractivity contribution in [2.75, 3.05) is 13.1 Å². The van der Waals surface area contributed by atoms with Gasteiger partial charge >= 0.3 is 0 Å². The maximum atomic E-state index is 12.4. The average Bonchev–Trinajstić information content (AvgIpc) is 3.17. The smallest absolute Gasteiger partial charge is 0.253 e. The Morgan fingerprint density at radius 2 is 2.10 bits per heavy atom. The van der Waals surface area contributed by atoms with Crippen LogP contribution in [0.3, 0.4) is 0 Å². The van der Waals surface area contributed by atoms with Crippen LogP contribution in [0.25, 0.3) is 0 Å². The maximum absolute atomic E-state index is 12.4. The molecule has 1 saturated carbocycles. The van der Waals surface area contributed by atoms with E-state index in [-0.39, 0.29) is 24.4 Å². The number of hydrogen-bond acceptors (Lipinski definition) is 2. The lowest BCUT2D eigenvalue weighted by Crippen LogP contribution is -2.45. The van der Waals surface area contributed by atoms with Gasteiger partial charge in [-0.05, 0) is 52.1 Å². The molecule has 1 aromatic rings. The topological polar surface area (TPSA) is 46.1 Å². The van der Waals surface area contributed by atoms with Crippen molar-refractivity contribution in [2.45, 2.75) is 51.6 Å². The number of carbonyl (C=O) groups is 1. The van der Waals surface area contributed by atoms with E-state index in [1.165, 1.54) is 18.5 Å². The van der Waals surface area contributed by atoms with Crippen LogP contribution in [0.4, 0.5) is 0 Å². The molecule has 1 aliphatic carbocycles. The van der Waals surface area contributed by atoms with Crippen molar-refractivity contribution < 1.29 is 4.79 Å². The summed E-state index contributed by atoms with van der Waals surface area (Å²) in [5.41, 5.74) is 3.20. The van der Waals surface area contributed by atoms with E-state index in [4.69, 9.17) is 0 Å². The minimum Gasteiger partial charge on any atom is -0.348 e. The van der Waals surface area contributed by atoms with Gasteiger partial charge in [0.2, 0.25) is 0 Å². The van der Waals surface area contributed by atoms with Crippen LogP contribution in [0.5, 0.6) is 0 Å². The highest BCUT2D eigenvalue weighted by Crippen LogP contribution is 2.38. The van der Waals surface area contributed by atoms with Crippen molar-refractivity contribution in [3.05, 3.63) is 23.0 Å². The second-order valence-electron chi connectivity index (χ2n) is 5.90. The van der Waals surface area contributed by atoms with E-state index in [2.05, 4.69) is 29.0 Å². The number of halogens is 1. The Balaban J connectivity index is 0.00000147. The number of carbonyl (C=O) groups excluding carboxylic acids is 1. The molecule has 3 rings (SSSR count). The molecule has 20 heavy (non-hydrogen) atoms. The van der Waals surface area contributed by atoms with Crippen LogP contribution in [0, 0.1) is 13.8 Å². The quantitative estimate of drug-likeness (QED) is 0.899. The summed E-state index contributed by atoms with van der Waals surface area (Å²) < 4.78 is 2.33. The number of aromatic nitrogens is 1. The summed E-state index contributed by atoms with van der Waals surface area (Å²) in [6, 6.07) is 2.96. The second-order valence-corrected chi connectivity index (χ2v) is 5.90. The van der Waals surface area contributed by atoms with E-state index >= 15 is 0 Å². The van der Waals surface area contributed by atoms with Gasteiger partial charge in [-0.3, -0.25) is 4.79 Å². The summed E-state index contributed by atoms with van der Waals surface area (Å²) in [4.78, 5) is 12.4. The number of nitrogens with one attached hydrogen (secondary N) is 2. The lowest BCUT2D eigenvalue weighted by atomic mass is 10.1. The molecule has 0 spiro atoms. The molecule has 4 nitrogen and oxygen atoms in total. The van der Waals surface area contributed by atoms with Gasteiger partial charge in [0.1, 0.15) is 0 Å². The van der Waals surface area contributed by atoms with Gasteiger partial charge in [-0.15, -0.1) is 12.4 Å². The Morgan fingerprint density at radius 3 is 2.70 bits per heavy atom. The van der Waals surface area contributed by atoms with Gasteiger partial charge in [0, 0.05) is 30.0 Å². The van der Waals surface area contributed by atoms with Crippen LogP contribution < -0.4 is 10.6 Å². The second kappa shape index (κ2) is 6.19. The molecular formula is C15H24ClN3O. The van der Waals surface area contributed by atoms with E-state index < -0.39 is 0 Å². The first-order valence-corrected chi connectivity index (χ1v) is 7.37. The lowest BCUT2D eigenvalue weighted by Gasteiger charge is -2.23. The zero-order valence-electron chi connectivity index (χ0n) is 12.2. The molecule has 2 heterocycles. The van der Waals surface area contributed by atoms with Crippen LogP contribution in [0.1, 0.15) is 53.5 Å². The van der Waals surface area contributed by atoms with E-state index in [0.29, 0.717) is 6.04 Å². The molecule has 1 amide bonds. The normalized spacial score (nSPS) is 22.2. The fourth-order valence-electron chi connectivity index (χ4n) is 3.14. The van der Waals surface area contributed by atoms with E-state index in [9.17, 15) is 4.79 Å². The highest BCUT2D eigenvalue weighted by molar-refractivity contribution is 5.96. The van der Waals surface area contributed by atoms with Gasteiger partial charge in [0.15, 0.2) is 0 Å². The summed E-state index contributed by atoms with van der Waals surface area (Å²) in [5, 5.41) is 6.49. The summed E-state index contributed by atoms with van der Waals surface area (Å²) in [6.07, 6.45) is 4.74. The molecule has 2 fully saturated rings.